The lowest BCUT2D eigenvalue weighted by Crippen LogP contribution is -2.62. The van der Waals surface area contributed by atoms with Crippen molar-refractivity contribution in [2.75, 3.05) is 5.32 Å². The molecule has 11 heteroatoms. The van der Waals surface area contributed by atoms with E-state index in [2.05, 4.69) is 0 Å². The summed E-state index contributed by atoms with van der Waals surface area (Å²) in [6.45, 7) is 0. The molecular weight excluding hydrogens is 429 g/mol. The van der Waals surface area contributed by atoms with E-state index in [-0.39, 0.29) is 5.69 Å². The zero-order valence-corrected chi connectivity index (χ0v) is 16.2. The molecule has 1 atom stereocenters. The van der Waals surface area contributed by atoms with Gasteiger partial charge in [0.1, 0.15) is 11.4 Å². The van der Waals surface area contributed by atoms with E-state index in [1.54, 1.807) is 29.6 Å². The van der Waals surface area contributed by atoms with Crippen LogP contribution in [-0.4, -0.2) is 27.5 Å². The van der Waals surface area contributed by atoms with Crippen LogP contribution >= 0.6 is 0 Å². The third kappa shape index (κ3) is 3.27. The highest BCUT2D eigenvalue weighted by Gasteiger charge is 2.68. The van der Waals surface area contributed by atoms with Gasteiger partial charge in [0.15, 0.2) is 0 Å². The number of halogens is 3. The topological polar surface area (TPSA) is 113 Å². The second-order valence-corrected chi connectivity index (χ2v) is 7.07. The number of nitrogens with zero attached hydrogens (tertiary/aromatic N) is 1. The van der Waals surface area contributed by atoms with Gasteiger partial charge in [-0.3, -0.25) is 19.4 Å². The van der Waals surface area contributed by atoms with Gasteiger partial charge in [0, 0.05) is 0 Å². The maximum Gasteiger partial charge on any atom is 0.425 e. The number of carbonyl (C=O) groups is 2. The zero-order chi connectivity index (χ0) is 23.1. The molecule has 164 valence electrons. The predicted molar refractivity (Wildman–Crippen MR) is 107 cm³/mol. The van der Waals surface area contributed by atoms with Crippen molar-refractivity contribution in [3.63, 3.8) is 0 Å². The van der Waals surface area contributed by atoms with Crippen LogP contribution in [0.2, 0.25) is 0 Å². The van der Waals surface area contributed by atoms with Crippen LogP contribution in [0.25, 0.3) is 5.69 Å². The first-order valence-electron chi connectivity index (χ1n) is 9.33. The predicted octanol–water partition coefficient (Wildman–Crippen LogP) is 1.59. The molecule has 2 heterocycles. The number of anilines is 1. The van der Waals surface area contributed by atoms with E-state index in [1.807, 2.05) is 10.3 Å². The van der Waals surface area contributed by atoms with E-state index in [0.29, 0.717) is 5.56 Å². The largest absolute Gasteiger partial charge is 0.425 e. The molecule has 0 spiro atoms. The molecule has 2 amide bonds. The average Bonchev–Trinajstić information content (AvgIpc) is 3.02. The van der Waals surface area contributed by atoms with E-state index in [1.165, 1.54) is 36.4 Å². The molecule has 32 heavy (non-hydrogen) atoms. The monoisotopic (exact) mass is 444 g/mol. The number of aromatic nitrogens is 2. The molecule has 0 fully saturated rings. The fourth-order valence-electron chi connectivity index (χ4n) is 3.64. The number of carbonyl (C=O) groups excluding carboxylic acids is 2. The molecule has 0 saturated heterocycles. The molecule has 1 aliphatic rings. The molecule has 0 aliphatic carbocycles. The van der Waals surface area contributed by atoms with Crippen LogP contribution in [0.15, 0.2) is 70.3 Å². The highest BCUT2D eigenvalue weighted by Crippen LogP contribution is 2.45. The van der Waals surface area contributed by atoms with Gasteiger partial charge in [0.05, 0.1) is 12.1 Å². The quantitative estimate of drug-likeness (QED) is 0.567. The number of H-pyrrole nitrogens is 1. The number of alkyl halides is 3. The normalized spacial score (nSPS) is 17.5. The summed E-state index contributed by atoms with van der Waals surface area (Å²) in [6.07, 6.45) is -5.85. The van der Waals surface area contributed by atoms with Crippen molar-refractivity contribution in [2.45, 2.75) is 18.1 Å². The molecule has 0 radical (unpaired) electrons. The second-order valence-electron chi connectivity index (χ2n) is 7.07. The Morgan fingerprint density at radius 1 is 0.969 bits per heavy atom. The fourth-order valence-corrected chi connectivity index (χ4v) is 3.64. The van der Waals surface area contributed by atoms with E-state index < -0.39 is 52.6 Å². The molecule has 0 unspecified atom stereocenters. The molecule has 4 rings (SSSR count). The summed E-state index contributed by atoms with van der Waals surface area (Å²) in [6, 6.07) is 15.4. The first kappa shape index (κ1) is 21.1. The number of aromatic amines is 1. The fraction of sp³-hybridized carbons (Fsp3) is 0.143. The first-order valence-corrected chi connectivity index (χ1v) is 9.33. The highest BCUT2D eigenvalue weighted by atomic mass is 19.4. The third-order valence-corrected chi connectivity index (χ3v) is 5.03. The van der Waals surface area contributed by atoms with Crippen molar-refractivity contribution in [3.8, 4) is 5.69 Å². The van der Waals surface area contributed by atoms with Gasteiger partial charge < -0.3 is 10.6 Å². The van der Waals surface area contributed by atoms with Crippen LogP contribution < -0.4 is 21.9 Å². The van der Waals surface area contributed by atoms with Crippen LogP contribution in [0.1, 0.15) is 11.1 Å². The highest BCUT2D eigenvalue weighted by molar-refractivity contribution is 6.07. The SMILES string of the molecule is O=C(Cc1ccccc1)N[C@]1(C(F)(F)F)C(=O)Nc2c1c(=O)[nH]c(=O)n2-c1ccccc1. The van der Waals surface area contributed by atoms with E-state index in [4.69, 9.17) is 0 Å². The first-order chi connectivity index (χ1) is 15.1. The summed E-state index contributed by atoms with van der Waals surface area (Å²) in [5.41, 5.74) is -6.75. The molecule has 8 nitrogen and oxygen atoms in total. The standard InChI is InChI=1S/C21H15F3N4O4/c22-21(23,24)20(27-14(29)11-12-7-3-1-4-8-12)15-16(25-18(20)31)28(19(32)26-17(15)30)13-9-5-2-6-10-13/h1-10H,11H2,(H,25,31)(H,27,29)(H,26,30,32)/t20-/m0/s1. The Kier molecular flexibility index (Phi) is 4.96. The molecule has 1 aromatic heterocycles. The Morgan fingerprint density at radius 2 is 1.56 bits per heavy atom. The summed E-state index contributed by atoms with van der Waals surface area (Å²) in [5, 5.41) is 3.70. The summed E-state index contributed by atoms with van der Waals surface area (Å²) in [7, 11) is 0. The van der Waals surface area contributed by atoms with Gasteiger partial charge >= 0.3 is 11.9 Å². The summed E-state index contributed by atoms with van der Waals surface area (Å²) in [5.74, 6) is -3.48. The number of nitrogens with one attached hydrogen (secondary N) is 3. The van der Waals surface area contributed by atoms with Gasteiger partial charge in [-0.15, -0.1) is 0 Å². The smallest absolute Gasteiger partial charge is 0.330 e. The number of benzene rings is 2. The maximum atomic E-state index is 14.3. The minimum absolute atomic E-state index is 0.110. The molecule has 0 bridgehead atoms. The Hall–Kier alpha value is -4.15. The Balaban J connectivity index is 1.90. The van der Waals surface area contributed by atoms with Gasteiger partial charge in [0.25, 0.3) is 11.5 Å². The Labute approximate surface area is 177 Å². The van der Waals surface area contributed by atoms with Crippen LogP contribution in [-0.2, 0) is 21.5 Å². The molecule has 0 saturated carbocycles. The molecule has 1 aliphatic heterocycles. The lowest BCUT2D eigenvalue weighted by atomic mass is 9.91. The van der Waals surface area contributed by atoms with Crippen LogP contribution in [0, 0.1) is 0 Å². The number of fused-ring (bicyclic) bond motifs is 1. The van der Waals surface area contributed by atoms with E-state index in [0.717, 1.165) is 4.57 Å². The molecule has 3 aromatic rings. The average molecular weight is 444 g/mol. The van der Waals surface area contributed by atoms with Crippen LogP contribution in [0.4, 0.5) is 19.0 Å². The molecule has 2 aromatic carbocycles. The number of para-hydroxylation sites is 1. The minimum Gasteiger partial charge on any atom is -0.330 e. The van der Waals surface area contributed by atoms with Crippen molar-refractivity contribution >= 4 is 17.6 Å². The maximum absolute atomic E-state index is 14.3. The van der Waals surface area contributed by atoms with Crippen molar-refractivity contribution in [1.82, 2.24) is 14.9 Å². The van der Waals surface area contributed by atoms with Gasteiger partial charge in [-0.2, -0.15) is 13.2 Å². The molecule has 3 N–H and O–H groups in total. The third-order valence-electron chi connectivity index (χ3n) is 5.03. The summed E-state index contributed by atoms with van der Waals surface area (Å²) in [4.78, 5) is 52.0. The second kappa shape index (κ2) is 7.52. The minimum atomic E-state index is -5.39. The zero-order valence-electron chi connectivity index (χ0n) is 16.2. The summed E-state index contributed by atoms with van der Waals surface area (Å²) >= 11 is 0. The number of hydrogen-bond acceptors (Lipinski definition) is 4. The van der Waals surface area contributed by atoms with Gasteiger partial charge in [-0.25, -0.2) is 9.36 Å². The molecular formula is C21H15F3N4O4. The lowest BCUT2D eigenvalue weighted by Gasteiger charge is -2.30. The van der Waals surface area contributed by atoms with Gasteiger partial charge in [-0.1, -0.05) is 48.5 Å². The number of rotatable bonds is 4. The number of amides is 2. The van der Waals surface area contributed by atoms with E-state index >= 15 is 0 Å². The van der Waals surface area contributed by atoms with Crippen LogP contribution in [0.5, 0.6) is 0 Å². The van der Waals surface area contributed by atoms with Crippen molar-refractivity contribution < 1.29 is 22.8 Å². The lowest BCUT2D eigenvalue weighted by molar-refractivity contribution is -0.200. The Morgan fingerprint density at radius 3 is 2.16 bits per heavy atom. The van der Waals surface area contributed by atoms with E-state index in [9.17, 15) is 32.3 Å². The Bertz CT molecular complexity index is 1320. The van der Waals surface area contributed by atoms with Crippen molar-refractivity contribution in [3.05, 3.63) is 92.6 Å². The van der Waals surface area contributed by atoms with Gasteiger partial charge in [0.2, 0.25) is 11.4 Å². The number of hydrogen-bond donors (Lipinski definition) is 3. The van der Waals surface area contributed by atoms with Crippen molar-refractivity contribution in [1.29, 1.82) is 0 Å². The summed E-state index contributed by atoms with van der Waals surface area (Å²) < 4.78 is 43.8. The van der Waals surface area contributed by atoms with Crippen LogP contribution in [0.3, 0.4) is 0 Å². The van der Waals surface area contributed by atoms with Crippen molar-refractivity contribution in [2.24, 2.45) is 0 Å². The van der Waals surface area contributed by atoms with Gasteiger partial charge in [-0.05, 0) is 17.7 Å².